The smallest absolute Gasteiger partial charge is 0.379 e. The number of benzene rings is 2. The van der Waals surface area contributed by atoms with Crippen molar-refractivity contribution in [3.63, 3.8) is 0 Å². The van der Waals surface area contributed by atoms with E-state index in [0.717, 1.165) is 12.1 Å². The van der Waals surface area contributed by atoms with Crippen LogP contribution in [0.15, 0.2) is 53.3 Å². The topological polar surface area (TPSA) is 47.4 Å². The predicted molar refractivity (Wildman–Crippen MR) is 98.4 cm³/mol. The second-order valence-corrected chi connectivity index (χ2v) is 6.62. The fourth-order valence-electron chi connectivity index (χ4n) is 3.33. The molecule has 28 heavy (non-hydrogen) atoms. The van der Waals surface area contributed by atoms with Crippen molar-refractivity contribution in [3.05, 3.63) is 70.3 Å². The Morgan fingerprint density at radius 3 is 2.54 bits per heavy atom. The molecule has 2 aromatic carbocycles. The number of hydrogen-bond acceptors (Lipinski definition) is 4. The molecule has 2 heterocycles. The third kappa shape index (κ3) is 3.65. The van der Waals surface area contributed by atoms with Gasteiger partial charge in [0.05, 0.1) is 41.9 Å². The quantitative estimate of drug-likeness (QED) is 0.690. The van der Waals surface area contributed by atoms with Crippen molar-refractivity contribution in [2.45, 2.75) is 12.7 Å². The standard InChI is InChI=1S/C20H18F3N3O2/c21-20(22,23)14-4-3-5-15(12-14)26-18(13-25-8-10-28-11-9-25)24-17-7-2-1-6-16(17)19(26)27/h1-7,12H,8-11,13H2. The summed E-state index contributed by atoms with van der Waals surface area (Å²) in [4.78, 5) is 19.8. The van der Waals surface area contributed by atoms with Gasteiger partial charge in [0.15, 0.2) is 0 Å². The molecule has 1 aromatic heterocycles. The average Bonchev–Trinajstić information content (AvgIpc) is 2.68. The van der Waals surface area contributed by atoms with Crippen LogP contribution in [-0.2, 0) is 17.5 Å². The molecule has 0 amide bonds. The molecule has 1 aliphatic heterocycles. The number of rotatable bonds is 3. The van der Waals surface area contributed by atoms with Crippen molar-refractivity contribution < 1.29 is 17.9 Å². The van der Waals surface area contributed by atoms with Crippen molar-refractivity contribution in [3.8, 4) is 5.69 Å². The zero-order valence-corrected chi connectivity index (χ0v) is 14.9. The Hall–Kier alpha value is -2.71. The number of halogens is 3. The molecule has 4 rings (SSSR count). The number of morpholine rings is 1. The van der Waals surface area contributed by atoms with Crippen LogP contribution in [0.2, 0.25) is 0 Å². The van der Waals surface area contributed by atoms with Gasteiger partial charge in [-0.05, 0) is 30.3 Å². The summed E-state index contributed by atoms with van der Waals surface area (Å²) in [6, 6.07) is 11.6. The molecule has 1 fully saturated rings. The monoisotopic (exact) mass is 389 g/mol. The number of fused-ring (bicyclic) bond motifs is 1. The fourth-order valence-corrected chi connectivity index (χ4v) is 3.33. The second kappa shape index (κ2) is 7.37. The highest BCUT2D eigenvalue weighted by Gasteiger charge is 2.31. The summed E-state index contributed by atoms with van der Waals surface area (Å²) in [6.45, 7) is 2.83. The maximum atomic E-state index is 13.2. The first kappa shape index (κ1) is 18.6. The summed E-state index contributed by atoms with van der Waals surface area (Å²) < 4.78 is 46.2. The van der Waals surface area contributed by atoms with Crippen LogP contribution in [0.25, 0.3) is 16.6 Å². The molecular weight excluding hydrogens is 371 g/mol. The molecule has 1 aliphatic rings. The average molecular weight is 389 g/mol. The van der Waals surface area contributed by atoms with Crippen LogP contribution in [0, 0.1) is 0 Å². The van der Waals surface area contributed by atoms with E-state index in [2.05, 4.69) is 9.88 Å². The van der Waals surface area contributed by atoms with Gasteiger partial charge in [0.2, 0.25) is 0 Å². The number of hydrogen-bond donors (Lipinski definition) is 0. The van der Waals surface area contributed by atoms with Gasteiger partial charge in [-0.3, -0.25) is 14.3 Å². The number of aromatic nitrogens is 2. The van der Waals surface area contributed by atoms with E-state index in [-0.39, 0.29) is 11.2 Å². The maximum Gasteiger partial charge on any atom is 0.416 e. The Morgan fingerprint density at radius 2 is 1.79 bits per heavy atom. The number of para-hydroxylation sites is 1. The lowest BCUT2D eigenvalue weighted by molar-refractivity contribution is -0.137. The van der Waals surface area contributed by atoms with Gasteiger partial charge in [0, 0.05) is 13.1 Å². The molecule has 5 nitrogen and oxygen atoms in total. The lowest BCUT2D eigenvalue weighted by Gasteiger charge is -2.27. The molecule has 0 saturated carbocycles. The lowest BCUT2D eigenvalue weighted by Crippen LogP contribution is -2.38. The minimum absolute atomic E-state index is 0.154. The van der Waals surface area contributed by atoms with Crippen molar-refractivity contribution in [1.82, 2.24) is 14.5 Å². The molecule has 0 atom stereocenters. The van der Waals surface area contributed by atoms with Gasteiger partial charge >= 0.3 is 6.18 Å². The van der Waals surface area contributed by atoms with E-state index in [1.165, 1.54) is 16.7 Å². The van der Waals surface area contributed by atoms with E-state index in [1.807, 2.05) is 0 Å². The van der Waals surface area contributed by atoms with Gasteiger partial charge in [0.25, 0.3) is 5.56 Å². The number of nitrogens with zero attached hydrogens (tertiary/aromatic N) is 3. The molecular formula is C20H18F3N3O2. The minimum Gasteiger partial charge on any atom is -0.379 e. The molecule has 8 heteroatoms. The molecule has 146 valence electrons. The number of ether oxygens (including phenoxy) is 1. The Labute approximate surface area is 159 Å². The molecule has 0 bridgehead atoms. The van der Waals surface area contributed by atoms with Gasteiger partial charge in [-0.25, -0.2) is 4.98 Å². The first-order valence-electron chi connectivity index (χ1n) is 8.92. The van der Waals surface area contributed by atoms with Crippen LogP contribution < -0.4 is 5.56 Å². The van der Waals surface area contributed by atoms with Crippen LogP contribution in [0.4, 0.5) is 13.2 Å². The molecule has 0 N–H and O–H groups in total. The van der Waals surface area contributed by atoms with E-state index in [9.17, 15) is 18.0 Å². The fraction of sp³-hybridized carbons (Fsp3) is 0.300. The molecule has 0 radical (unpaired) electrons. The highest BCUT2D eigenvalue weighted by molar-refractivity contribution is 5.77. The first-order chi connectivity index (χ1) is 13.4. The maximum absolute atomic E-state index is 13.2. The Kier molecular flexibility index (Phi) is 4.91. The zero-order valence-electron chi connectivity index (χ0n) is 14.9. The van der Waals surface area contributed by atoms with Crippen LogP contribution in [0.1, 0.15) is 11.4 Å². The van der Waals surface area contributed by atoms with Crippen molar-refractivity contribution in [2.24, 2.45) is 0 Å². The third-order valence-electron chi connectivity index (χ3n) is 4.75. The van der Waals surface area contributed by atoms with Gasteiger partial charge in [-0.1, -0.05) is 18.2 Å². The molecule has 0 aliphatic carbocycles. The van der Waals surface area contributed by atoms with Crippen LogP contribution in [-0.4, -0.2) is 40.8 Å². The highest BCUT2D eigenvalue weighted by atomic mass is 19.4. The summed E-state index contributed by atoms with van der Waals surface area (Å²) in [5, 5.41) is 0.366. The second-order valence-electron chi connectivity index (χ2n) is 6.62. The SMILES string of the molecule is O=c1c2ccccc2nc(CN2CCOCC2)n1-c1cccc(C(F)(F)F)c1. The van der Waals surface area contributed by atoms with Gasteiger partial charge in [-0.15, -0.1) is 0 Å². The minimum atomic E-state index is -4.49. The van der Waals surface area contributed by atoms with Gasteiger partial charge in [0.1, 0.15) is 5.82 Å². The highest BCUT2D eigenvalue weighted by Crippen LogP contribution is 2.30. The van der Waals surface area contributed by atoms with Crippen LogP contribution in [0.5, 0.6) is 0 Å². The molecule has 0 unspecified atom stereocenters. The Balaban J connectivity index is 1.89. The van der Waals surface area contributed by atoms with Crippen molar-refractivity contribution >= 4 is 10.9 Å². The van der Waals surface area contributed by atoms with E-state index in [0.29, 0.717) is 49.6 Å². The Morgan fingerprint density at radius 1 is 1.04 bits per heavy atom. The predicted octanol–water partition coefficient (Wildman–Crippen LogP) is 3.24. The first-order valence-corrected chi connectivity index (χ1v) is 8.92. The van der Waals surface area contributed by atoms with E-state index >= 15 is 0 Å². The summed E-state index contributed by atoms with van der Waals surface area (Å²) in [6.07, 6.45) is -4.49. The molecule has 0 spiro atoms. The van der Waals surface area contributed by atoms with E-state index in [4.69, 9.17) is 4.74 Å². The third-order valence-corrected chi connectivity index (χ3v) is 4.75. The lowest BCUT2D eigenvalue weighted by atomic mass is 10.1. The zero-order chi connectivity index (χ0) is 19.7. The van der Waals surface area contributed by atoms with Crippen LogP contribution in [0.3, 0.4) is 0 Å². The van der Waals surface area contributed by atoms with Crippen molar-refractivity contribution in [2.75, 3.05) is 26.3 Å². The molecule has 1 saturated heterocycles. The van der Waals surface area contributed by atoms with Gasteiger partial charge < -0.3 is 4.74 Å². The summed E-state index contributed by atoms with van der Waals surface area (Å²) in [5.41, 5.74) is -0.504. The normalized spacial score (nSPS) is 15.8. The molecule has 3 aromatic rings. The summed E-state index contributed by atoms with van der Waals surface area (Å²) >= 11 is 0. The Bertz CT molecular complexity index is 1060. The summed E-state index contributed by atoms with van der Waals surface area (Å²) in [5.74, 6) is 0.407. The summed E-state index contributed by atoms with van der Waals surface area (Å²) in [7, 11) is 0. The largest absolute Gasteiger partial charge is 0.416 e. The van der Waals surface area contributed by atoms with Crippen LogP contribution >= 0.6 is 0 Å². The van der Waals surface area contributed by atoms with E-state index in [1.54, 1.807) is 24.3 Å². The van der Waals surface area contributed by atoms with Gasteiger partial charge in [-0.2, -0.15) is 13.2 Å². The van der Waals surface area contributed by atoms with E-state index < -0.39 is 11.7 Å². The van der Waals surface area contributed by atoms with Crippen molar-refractivity contribution in [1.29, 1.82) is 0 Å². The number of alkyl halides is 3.